The van der Waals surface area contributed by atoms with E-state index in [-0.39, 0.29) is 12.1 Å². The second-order valence-corrected chi connectivity index (χ2v) is 9.20. The number of aliphatic imine (C=N–C) groups is 1. The molecule has 2 aliphatic heterocycles. The summed E-state index contributed by atoms with van der Waals surface area (Å²) in [7, 11) is 3.27. The minimum Gasteiger partial charge on any atom is -0.453 e. The van der Waals surface area contributed by atoms with Crippen LogP contribution in [-0.2, 0) is 9.57 Å². The molecule has 1 N–H and O–H groups in total. The number of nitrogens with one attached hydrogen (secondary N) is 1. The molecular weight excluding hydrogens is 420 g/mol. The Hall–Kier alpha value is -3.26. The lowest BCUT2D eigenvalue weighted by atomic mass is 9.99. The lowest BCUT2D eigenvalue weighted by Crippen LogP contribution is -2.47. The van der Waals surface area contributed by atoms with Crippen LogP contribution in [0.3, 0.4) is 0 Å². The summed E-state index contributed by atoms with van der Waals surface area (Å²) in [5.41, 5.74) is 5.23. The number of nitrogens with zero attached hydrogens (tertiary/aromatic N) is 3. The van der Waals surface area contributed by atoms with Gasteiger partial charge in [0.05, 0.1) is 18.5 Å². The van der Waals surface area contributed by atoms with Gasteiger partial charge in [-0.15, -0.1) is 0 Å². The number of amidine groups is 1. The molecule has 176 valence electrons. The van der Waals surface area contributed by atoms with Gasteiger partial charge in [0.1, 0.15) is 5.60 Å². The first-order chi connectivity index (χ1) is 15.8. The minimum atomic E-state index is -0.494. The SMILES string of the molecule is CN=C(NOC)c1ccc2c(c1)Oc1ccccc1N2C1CCN(C(=O)OC(C)(C)C)CC1. The van der Waals surface area contributed by atoms with Crippen LogP contribution < -0.4 is 15.1 Å². The van der Waals surface area contributed by atoms with E-state index >= 15 is 0 Å². The van der Waals surface area contributed by atoms with Crippen molar-refractivity contribution in [1.82, 2.24) is 10.4 Å². The Morgan fingerprint density at radius 1 is 1.09 bits per heavy atom. The molecule has 0 aliphatic carbocycles. The number of ether oxygens (including phenoxy) is 2. The van der Waals surface area contributed by atoms with Crippen molar-refractivity contribution >= 4 is 23.3 Å². The summed E-state index contributed by atoms with van der Waals surface area (Å²) in [4.78, 5) is 26.0. The number of hydrogen-bond donors (Lipinski definition) is 1. The number of hydroxylamine groups is 1. The number of anilines is 2. The van der Waals surface area contributed by atoms with E-state index in [1.807, 2.05) is 51.1 Å². The summed E-state index contributed by atoms with van der Waals surface area (Å²) in [5.74, 6) is 2.20. The zero-order chi connectivity index (χ0) is 23.6. The molecule has 1 amide bonds. The third kappa shape index (κ3) is 4.90. The smallest absolute Gasteiger partial charge is 0.410 e. The van der Waals surface area contributed by atoms with Gasteiger partial charge in [-0.3, -0.25) is 9.83 Å². The molecule has 8 heteroatoms. The first-order valence-electron chi connectivity index (χ1n) is 11.2. The van der Waals surface area contributed by atoms with Gasteiger partial charge in [0, 0.05) is 31.7 Å². The van der Waals surface area contributed by atoms with Gasteiger partial charge in [-0.1, -0.05) is 12.1 Å². The van der Waals surface area contributed by atoms with Crippen molar-refractivity contribution in [2.75, 3.05) is 32.1 Å². The van der Waals surface area contributed by atoms with Crippen LogP contribution in [0, 0.1) is 0 Å². The molecule has 2 aliphatic rings. The topological polar surface area (TPSA) is 75.6 Å². The van der Waals surface area contributed by atoms with Crippen LogP contribution >= 0.6 is 0 Å². The maximum absolute atomic E-state index is 12.5. The predicted molar refractivity (Wildman–Crippen MR) is 129 cm³/mol. The molecule has 33 heavy (non-hydrogen) atoms. The van der Waals surface area contributed by atoms with Crippen LogP contribution in [0.5, 0.6) is 11.5 Å². The highest BCUT2D eigenvalue weighted by atomic mass is 16.6. The van der Waals surface area contributed by atoms with Crippen molar-refractivity contribution < 1.29 is 19.1 Å². The lowest BCUT2D eigenvalue weighted by Gasteiger charge is -2.42. The fraction of sp³-hybridized carbons (Fsp3) is 0.440. The summed E-state index contributed by atoms with van der Waals surface area (Å²) >= 11 is 0. The van der Waals surface area contributed by atoms with Crippen molar-refractivity contribution in [2.45, 2.75) is 45.3 Å². The maximum atomic E-state index is 12.5. The summed E-state index contributed by atoms with van der Waals surface area (Å²) < 4.78 is 11.8. The van der Waals surface area contributed by atoms with E-state index in [1.54, 1.807) is 19.1 Å². The summed E-state index contributed by atoms with van der Waals surface area (Å²) in [6, 6.07) is 14.3. The van der Waals surface area contributed by atoms with Gasteiger partial charge in [0.2, 0.25) is 0 Å². The van der Waals surface area contributed by atoms with E-state index < -0.39 is 5.60 Å². The third-order valence-corrected chi connectivity index (χ3v) is 5.74. The molecule has 8 nitrogen and oxygen atoms in total. The lowest BCUT2D eigenvalue weighted by molar-refractivity contribution is 0.0206. The third-order valence-electron chi connectivity index (χ3n) is 5.74. The van der Waals surface area contributed by atoms with Crippen molar-refractivity contribution in [3.05, 3.63) is 48.0 Å². The molecule has 2 aromatic carbocycles. The van der Waals surface area contributed by atoms with Gasteiger partial charge >= 0.3 is 6.09 Å². The number of para-hydroxylation sites is 2. The van der Waals surface area contributed by atoms with Crippen molar-refractivity contribution in [2.24, 2.45) is 4.99 Å². The van der Waals surface area contributed by atoms with Gasteiger partial charge < -0.3 is 19.3 Å². The standard InChI is InChI=1S/C25H32N4O4/c1-25(2,3)33-24(30)28-14-12-18(13-15-28)29-19-8-6-7-9-21(19)32-22-16-17(10-11-20(22)29)23(26-4)27-31-5/h6-11,16,18H,12-15H2,1-5H3,(H,26,27). The number of amides is 1. The molecule has 2 heterocycles. The highest BCUT2D eigenvalue weighted by Gasteiger charge is 2.34. The largest absolute Gasteiger partial charge is 0.453 e. The Bertz CT molecular complexity index is 1040. The number of carbonyl (C=O) groups excluding carboxylic acids is 1. The van der Waals surface area contributed by atoms with E-state index in [0.717, 1.165) is 41.3 Å². The maximum Gasteiger partial charge on any atom is 0.410 e. The van der Waals surface area contributed by atoms with Gasteiger partial charge in [-0.2, -0.15) is 0 Å². The molecule has 0 saturated carbocycles. The molecule has 1 fully saturated rings. The summed E-state index contributed by atoms with van der Waals surface area (Å²) in [6.45, 7) is 6.98. The number of fused-ring (bicyclic) bond motifs is 2. The number of piperidine rings is 1. The first kappa shape index (κ1) is 22.9. The van der Waals surface area contributed by atoms with Crippen LogP contribution in [0.15, 0.2) is 47.5 Å². The van der Waals surface area contributed by atoms with Gasteiger partial charge in [0.25, 0.3) is 0 Å². The Labute approximate surface area is 195 Å². The number of hydrogen-bond acceptors (Lipinski definition) is 6. The highest BCUT2D eigenvalue weighted by Crippen LogP contribution is 2.49. The molecule has 0 aromatic heterocycles. The van der Waals surface area contributed by atoms with Crippen LogP contribution in [-0.4, -0.2) is 55.7 Å². The number of rotatable bonds is 3. The zero-order valence-corrected chi connectivity index (χ0v) is 19.9. The number of likely N-dealkylation sites (tertiary alicyclic amines) is 1. The first-order valence-corrected chi connectivity index (χ1v) is 11.2. The minimum absolute atomic E-state index is 0.231. The molecular formula is C25H32N4O4. The Balaban J connectivity index is 1.60. The Kier molecular flexibility index (Phi) is 6.47. The van der Waals surface area contributed by atoms with Crippen molar-refractivity contribution in [3.8, 4) is 11.5 Å². The van der Waals surface area contributed by atoms with Crippen molar-refractivity contribution in [1.29, 1.82) is 0 Å². The fourth-order valence-corrected chi connectivity index (χ4v) is 4.29. The van der Waals surface area contributed by atoms with E-state index in [9.17, 15) is 4.79 Å². The highest BCUT2D eigenvalue weighted by molar-refractivity contribution is 5.99. The van der Waals surface area contributed by atoms with Gasteiger partial charge in [0.15, 0.2) is 17.3 Å². The van der Waals surface area contributed by atoms with Crippen LogP contribution in [0.25, 0.3) is 0 Å². The fourth-order valence-electron chi connectivity index (χ4n) is 4.29. The van der Waals surface area contributed by atoms with Gasteiger partial charge in [-0.05, 0) is 63.9 Å². The number of benzene rings is 2. The van der Waals surface area contributed by atoms with E-state index in [4.69, 9.17) is 14.3 Å². The van der Waals surface area contributed by atoms with E-state index in [2.05, 4.69) is 27.5 Å². The normalized spacial score (nSPS) is 16.6. The molecule has 0 unspecified atom stereocenters. The second kappa shape index (κ2) is 9.31. The van der Waals surface area contributed by atoms with E-state index in [0.29, 0.717) is 18.9 Å². The summed E-state index contributed by atoms with van der Waals surface area (Å²) in [5, 5.41) is 0. The quantitative estimate of drug-likeness (QED) is 0.407. The molecule has 1 saturated heterocycles. The number of carbonyl (C=O) groups is 1. The molecule has 0 atom stereocenters. The second-order valence-electron chi connectivity index (χ2n) is 9.20. The Morgan fingerprint density at radius 3 is 2.45 bits per heavy atom. The van der Waals surface area contributed by atoms with Crippen molar-refractivity contribution in [3.63, 3.8) is 0 Å². The van der Waals surface area contributed by atoms with Crippen LogP contribution in [0.1, 0.15) is 39.2 Å². The van der Waals surface area contributed by atoms with Crippen LogP contribution in [0.2, 0.25) is 0 Å². The average molecular weight is 453 g/mol. The Morgan fingerprint density at radius 2 is 1.79 bits per heavy atom. The molecule has 0 radical (unpaired) electrons. The van der Waals surface area contributed by atoms with E-state index in [1.165, 1.54) is 0 Å². The molecule has 4 rings (SSSR count). The molecule has 0 bridgehead atoms. The monoisotopic (exact) mass is 452 g/mol. The average Bonchev–Trinajstić information content (AvgIpc) is 2.79. The zero-order valence-electron chi connectivity index (χ0n) is 19.9. The van der Waals surface area contributed by atoms with Crippen LogP contribution in [0.4, 0.5) is 16.2 Å². The molecule has 0 spiro atoms. The summed E-state index contributed by atoms with van der Waals surface area (Å²) in [6.07, 6.45) is 1.42. The molecule has 2 aromatic rings. The van der Waals surface area contributed by atoms with Gasteiger partial charge in [-0.25, -0.2) is 10.3 Å². The predicted octanol–water partition coefficient (Wildman–Crippen LogP) is 4.86.